The molecule has 1 amide bonds. The smallest absolute Gasteiger partial charge is 0.220 e. The van der Waals surface area contributed by atoms with E-state index in [9.17, 15) is 30.3 Å². The molecule has 1 heterocycles. The van der Waals surface area contributed by atoms with Crippen molar-refractivity contribution in [1.82, 2.24) is 5.32 Å². The molecule has 0 aromatic carbocycles. The van der Waals surface area contributed by atoms with Gasteiger partial charge in [-0.15, -0.1) is 0 Å². The first-order valence-corrected chi connectivity index (χ1v) is 18.0. The molecule has 1 saturated heterocycles. The average molecular weight is 642 g/mol. The van der Waals surface area contributed by atoms with Crippen molar-refractivity contribution in [3.05, 3.63) is 24.3 Å². The minimum absolute atomic E-state index is 0.145. The van der Waals surface area contributed by atoms with E-state index < -0.39 is 49.5 Å². The molecule has 1 rings (SSSR count). The summed E-state index contributed by atoms with van der Waals surface area (Å²) in [6, 6.07) is -0.719. The molecule has 9 nitrogen and oxygen atoms in total. The second kappa shape index (κ2) is 27.8. The predicted octanol–water partition coefficient (Wildman–Crippen LogP) is 5.60. The van der Waals surface area contributed by atoms with Gasteiger partial charge in [0.05, 0.1) is 25.4 Å². The van der Waals surface area contributed by atoms with Crippen LogP contribution in [0, 0.1) is 0 Å². The quantitative estimate of drug-likeness (QED) is 0.0478. The van der Waals surface area contributed by atoms with Crippen molar-refractivity contribution in [3.8, 4) is 0 Å². The fourth-order valence-corrected chi connectivity index (χ4v) is 5.54. The Balaban J connectivity index is 2.38. The van der Waals surface area contributed by atoms with Gasteiger partial charge in [0, 0.05) is 6.42 Å². The lowest BCUT2D eigenvalue weighted by Crippen LogP contribution is -2.60. The van der Waals surface area contributed by atoms with E-state index in [4.69, 9.17) is 9.47 Å². The van der Waals surface area contributed by atoms with Crippen LogP contribution in [0.15, 0.2) is 24.3 Å². The second-order valence-corrected chi connectivity index (χ2v) is 12.7. The van der Waals surface area contributed by atoms with Crippen molar-refractivity contribution in [2.45, 2.75) is 185 Å². The van der Waals surface area contributed by atoms with Crippen LogP contribution in [0.2, 0.25) is 0 Å². The highest BCUT2D eigenvalue weighted by molar-refractivity contribution is 5.76. The van der Waals surface area contributed by atoms with Gasteiger partial charge in [0.25, 0.3) is 0 Å². The molecular formula is C36H67NO8. The van der Waals surface area contributed by atoms with Crippen LogP contribution in [0.25, 0.3) is 0 Å². The zero-order valence-corrected chi connectivity index (χ0v) is 28.4. The summed E-state index contributed by atoms with van der Waals surface area (Å²) in [5.74, 6) is -0.166. The maximum absolute atomic E-state index is 12.8. The van der Waals surface area contributed by atoms with E-state index in [0.29, 0.717) is 12.8 Å². The molecule has 7 atom stereocenters. The van der Waals surface area contributed by atoms with Gasteiger partial charge in [-0.1, -0.05) is 115 Å². The number of ether oxygens (including phenoxy) is 2. The molecule has 7 unspecified atom stereocenters. The summed E-state index contributed by atoms with van der Waals surface area (Å²) in [7, 11) is 0. The van der Waals surface area contributed by atoms with Gasteiger partial charge in [0.15, 0.2) is 6.29 Å². The molecular weight excluding hydrogens is 574 g/mol. The summed E-state index contributed by atoms with van der Waals surface area (Å²) in [5, 5.41) is 53.7. The molecule has 264 valence electrons. The summed E-state index contributed by atoms with van der Waals surface area (Å²) in [4.78, 5) is 12.8. The second-order valence-electron chi connectivity index (χ2n) is 12.7. The fraction of sp³-hybridized carbons (Fsp3) is 0.861. The summed E-state index contributed by atoms with van der Waals surface area (Å²) < 4.78 is 11.1. The first-order chi connectivity index (χ1) is 21.8. The molecule has 0 aromatic rings. The molecule has 1 aliphatic rings. The minimum Gasteiger partial charge on any atom is -0.394 e. The van der Waals surface area contributed by atoms with Crippen LogP contribution < -0.4 is 5.32 Å². The third kappa shape index (κ3) is 19.8. The highest BCUT2D eigenvalue weighted by atomic mass is 16.7. The van der Waals surface area contributed by atoms with Crippen molar-refractivity contribution in [2.75, 3.05) is 13.2 Å². The molecule has 6 N–H and O–H groups in total. The van der Waals surface area contributed by atoms with Crippen LogP contribution in [-0.2, 0) is 14.3 Å². The number of aliphatic hydroxyl groups is 5. The number of hydrogen-bond acceptors (Lipinski definition) is 8. The van der Waals surface area contributed by atoms with E-state index in [1.807, 2.05) is 0 Å². The standard InChI is InChI=1S/C36H67NO8/c1-3-5-7-9-11-12-13-14-15-16-17-18-19-20-22-24-26-32(40)37-29(30(39)25-23-21-10-8-6-4-2)28-44-36-35(43)34(42)33(41)31(27-38)45-36/h12-13,15-16,29-31,33-36,38-39,41-43H,3-11,14,17-28H2,1-2H3,(H,37,40)/b13-12-,16-15-. The lowest BCUT2D eigenvalue weighted by Gasteiger charge is -2.40. The SMILES string of the molecule is CCCCCC/C=C\C/C=C\CCCCCCCC(=O)NC(COC1OC(CO)C(O)C(O)C1O)C(O)CCCCCCCC. The normalized spacial score (nSPS) is 23.6. The van der Waals surface area contributed by atoms with E-state index in [2.05, 4.69) is 43.5 Å². The topological polar surface area (TPSA) is 149 Å². The van der Waals surface area contributed by atoms with Crippen LogP contribution in [0.5, 0.6) is 0 Å². The van der Waals surface area contributed by atoms with Crippen LogP contribution in [-0.4, -0.2) is 87.5 Å². The van der Waals surface area contributed by atoms with E-state index >= 15 is 0 Å². The van der Waals surface area contributed by atoms with Crippen molar-refractivity contribution in [1.29, 1.82) is 0 Å². The Hall–Kier alpha value is -1.33. The monoisotopic (exact) mass is 641 g/mol. The zero-order valence-electron chi connectivity index (χ0n) is 28.4. The number of carbonyl (C=O) groups excluding carboxylic acids is 1. The van der Waals surface area contributed by atoms with E-state index in [1.165, 1.54) is 51.4 Å². The number of carbonyl (C=O) groups is 1. The first-order valence-electron chi connectivity index (χ1n) is 18.0. The van der Waals surface area contributed by atoms with Crippen LogP contribution in [0.1, 0.15) is 142 Å². The maximum Gasteiger partial charge on any atom is 0.220 e. The number of unbranched alkanes of at least 4 members (excludes halogenated alkanes) is 14. The lowest BCUT2D eigenvalue weighted by atomic mass is 9.99. The van der Waals surface area contributed by atoms with E-state index in [-0.39, 0.29) is 12.5 Å². The van der Waals surface area contributed by atoms with Gasteiger partial charge < -0.3 is 40.3 Å². The number of allylic oxidation sites excluding steroid dienone is 4. The van der Waals surface area contributed by atoms with Gasteiger partial charge in [0.1, 0.15) is 24.4 Å². The summed E-state index contributed by atoms with van der Waals surface area (Å²) in [5.41, 5.74) is 0. The van der Waals surface area contributed by atoms with Gasteiger partial charge in [-0.3, -0.25) is 4.79 Å². The Morgan fingerprint density at radius 2 is 1.31 bits per heavy atom. The number of nitrogens with one attached hydrogen (secondary N) is 1. The molecule has 0 saturated carbocycles. The molecule has 45 heavy (non-hydrogen) atoms. The van der Waals surface area contributed by atoms with Crippen LogP contribution in [0.4, 0.5) is 0 Å². The Labute approximate surface area is 273 Å². The maximum atomic E-state index is 12.8. The number of rotatable bonds is 28. The van der Waals surface area contributed by atoms with Crippen molar-refractivity contribution in [3.63, 3.8) is 0 Å². The Morgan fingerprint density at radius 3 is 1.93 bits per heavy atom. The molecule has 0 radical (unpaired) electrons. The lowest BCUT2D eigenvalue weighted by molar-refractivity contribution is -0.302. The predicted molar refractivity (Wildman–Crippen MR) is 180 cm³/mol. The minimum atomic E-state index is -1.55. The van der Waals surface area contributed by atoms with Gasteiger partial charge in [-0.05, 0) is 44.9 Å². The average Bonchev–Trinajstić information content (AvgIpc) is 3.04. The molecule has 0 aliphatic carbocycles. The molecule has 9 heteroatoms. The Bertz CT molecular complexity index is 761. The zero-order chi connectivity index (χ0) is 33.1. The summed E-state index contributed by atoms with van der Waals surface area (Å²) in [6.07, 6.45) is 22.1. The fourth-order valence-electron chi connectivity index (χ4n) is 5.54. The van der Waals surface area contributed by atoms with Gasteiger partial charge in [-0.25, -0.2) is 0 Å². The largest absolute Gasteiger partial charge is 0.394 e. The Morgan fingerprint density at radius 1 is 0.756 bits per heavy atom. The molecule has 0 bridgehead atoms. The van der Waals surface area contributed by atoms with Gasteiger partial charge in [0.2, 0.25) is 5.91 Å². The van der Waals surface area contributed by atoms with Crippen molar-refractivity contribution < 1.29 is 39.8 Å². The van der Waals surface area contributed by atoms with Crippen LogP contribution in [0.3, 0.4) is 0 Å². The van der Waals surface area contributed by atoms with Crippen molar-refractivity contribution >= 4 is 5.91 Å². The molecule has 0 aromatic heterocycles. The highest BCUT2D eigenvalue weighted by Gasteiger charge is 2.44. The third-order valence-corrected chi connectivity index (χ3v) is 8.56. The van der Waals surface area contributed by atoms with Crippen LogP contribution >= 0.6 is 0 Å². The first kappa shape index (κ1) is 41.7. The number of aliphatic hydroxyl groups excluding tert-OH is 5. The highest BCUT2D eigenvalue weighted by Crippen LogP contribution is 2.22. The van der Waals surface area contributed by atoms with Gasteiger partial charge >= 0.3 is 0 Å². The number of amides is 1. The molecule has 0 spiro atoms. The molecule has 1 fully saturated rings. The summed E-state index contributed by atoms with van der Waals surface area (Å²) in [6.45, 7) is 3.70. The van der Waals surface area contributed by atoms with Gasteiger partial charge in [-0.2, -0.15) is 0 Å². The third-order valence-electron chi connectivity index (χ3n) is 8.56. The molecule has 1 aliphatic heterocycles. The summed E-state index contributed by atoms with van der Waals surface area (Å²) >= 11 is 0. The van der Waals surface area contributed by atoms with Crippen molar-refractivity contribution in [2.24, 2.45) is 0 Å². The Kier molecular flexibility index (Phi) is 25.7. The van der Waals surface area contributed by atoms with E-state index in [0.717, 1.165) is 64.2 Å². The number of hydrogen-bond donors (Lipinski definition) is 6. The van der Waals surface area contributed by atoms with E-state index in [1.54, 1.807) is 0 Å².